The molecule has 3 aliphatic rings. The summed E-state index contributed by atoms with van der Waals surface area (Å²) < 4.78 is 16.1. The van der Waals surface area contributed by atoms with Crippen molar-refractivity contribution in [3.63, 3.8) is 0 Å². The number of rotatable bonds is 2. The summed E-state index contributed by atoms with van der Waals surface area (Å²) in [6.07, 6.45) is 8.47. The average molecular weight is 409 g/mol. The molecule has 1 unspecified atom stereocenters. The van der Waals surface area contributed by atoms with Gasteiger partial charge in [-0.25, -0.2) is 19.2 Å². The van der Waals surface area contributed by atoms with Crippen LogP contribution in [0.25, 0.3) is 5.65 Å². The zero-order valence-electron chi connectivity index (χ0n) is 17.2. The van der Waals surface area contributed by atoms with E-state index in [9.17, 15) is 9.18 Å². The summed E-state index contributed by atoms with van der Waals surface area (Å²) in [5.74, 6) is 0.0874. The molecule has 30 heavy (non-hydrogen) atoms. The summed E-state index contributed by atoms with van der Waals surface area (Å²) in [5, 5.41) is 6.35. The van der Waals surface area contributed by atoms with E-state index in [1.54, 1.807) is 16.8 Å². The number of piperazine rings is 1. The maximum atomic E-state index is 14.5. The highest BCUT2D eigenvalue weighted by molar-refractivity contribution is 6.07. The van der Waals surface area contributed by atoms with E-state index in [1.165, 1.54) is 11.0 Å². The summed E-state index contributed by atoms with van der Waals surface area (Å²) in [6.45, 7) is 8.73. The van der Waals surface area contributed by atoms with Crippen LogP contribution in [0.1, 0.15) is 31.3 Å². The number of amides is 2. The molecule has 0 aromatic carbocycles. The number of imidazole rings is 1. The Kier molecular flexibility index (Phi) is 4.18. The molecule has 0 saturated carbocycles. The predicted octanol–water partition coefficient (Wildman–Crippen LogP) is 2.30. The van der Waals surface area contributed by atoms with Gasteiger partial charge in [0.1, 0.15) is 5.84 Å². The van der Waals surface area contributed by atoms with Gasteiger partial charge in [0.2, 0.25) is 0 Å². The Morgan fingerprint density at radius 3 is 2.90 bits per heavy atom. The zero-order chi connectivity index (χ0) is 21.0. The van der Waals surface area contributed by atoms with Crippen LogP contribution in [0.2, 0.25) is 0 Å². The number of pyridine rings is 1. The SMILES string of the molecule is Cc1cn2cc(C3N=C4C=CC(N5CCNC(C)(C)C5)=CN4C(=O)N3)cc(F)c2n1. The Hall–Kier alpha value is -3.20. The summed E-state index contributed by atoms with van der Waals surface area (Å²) in [5.41, 5.74) is 2.52. The lowest BCUT2D eigenvalue weighted by Crippen LogP contribution is -2.57. The second-order valence-corrected chi connectivity index (χ2v) is 8.56. The van der Waals surface area contributed by atoms with Gasteiger partial charge in [-0.05, 0) is 39.0 Å². The molecule has 9 heteroatoms. The van der Waals surface area contributed by atoms with E-state index in [-0.39, 0.29) is 17.2 Å². The molecule has 5 heterocycles. The summed E-state index contributed by atoms with van der Waals surface area (Å²) in [7, 11) is 0. The highest BCUT2D eigenvalue weighted by Crippen LogP contribution is 2.26. The number of urea groups is 1. The maximum Gasteiger partial charge on any atom is 0.329 e. The average Bonchev–Trinajstić information content (AvgIpc) is 3.08. The van der Waals surface area contributed by atoms with Gasteiger partial charge in [-0.1, -0.05) is 0 Å². The lowest BCUT2D eigenvalue weighted by atomic mass is 10.0. The van der Waals surface area contributed by atoms with E-state index in [4.69, 9.17) is 0 Å². The minimum atomic E-state index is -0.664. The van der Waals surface area contributed by atoms with Crippen LogP contribution in [0, 0.1) is 12.7 Å². The first-order valence-corrected chi connectivity index (χ1v) is 10.0. The van der Waals surface area contributed by atoms with Crippen molar-refractivity contribution >= 4 is 17.5 Å². The van der Waals surface area contributed by atoms with Crippen LogP contribution >= 0.6 is 0 Å². The van der Waals surface area contributed by atoms with E-state index < -0.39 is 12.0 Å². The van der Waals surface area contributed by atoms with Crippen molar-refractivity contribution in [2.75, 3.05) is 19.6 Å². The lowest BCUT2D eigenvalue weighted by molar-refractivity contribution is 0.192. The second kappa shape index (κ2) is 6.66. The number of aromatic nitrogens is 2. The number of aryl methyl sites for hydroxylation is 1. The van der Waals surface area contributed by atoms with E-state index in [0.717, 1.165) is 31.0 Å². The van der Waals surface area contributed by atoms with Gasteiger partial charge in [0.25, 0.3) is 0 Å². The van der Waals surface area contributed by atoms with Gasteiger partial charge in [-0.3, -0.25) is 4.90 Å². The fourth-order valence-electron chi connectivity index (χ4n) is 4.16. The van der Waals surface area contributed by atoms with Crippen LogP contribution in [0.15, 0.2) is 47.5 Å². The first kappa shape index (κ1) is 18.8. The van der Waals surface area contributed by atoms with E-state index in [1.807, 2.05) is 25.3 Å². The third kappa shape index (κ3) is 3.24. The number of nitrogens with zero attached hydrogens (tertiary/aromatic N) is 5. The standard InChI is InChI=1S/C21H24FN7O/c1-13-9-28-10-14(8-16(22)19(28)24-13)18-25-17-5-4-15(11-29(17)20(30)26-18)27-7-6-23-21(2,3)12-27/h4-5,8-11,18,23H,6-7,12H2,1-3H3,(H,26,30). The van der Waals surface area contributed by atoms with E-state index in [0.29, 0.717) is 11.4 Å². The molecule has 1 atom stereocenters. The predicted molar refractivity (Wildman–Crippen MR) is 111 cm³/mol. The second-order valence-electron chi connectivity index (χ2n) is 8.56. The number of nitrogens with one attached hydrogen (secondary N) is 2. The van der Waals surface area contributed by atoms with Crippen molar-refractivity contribution in [3.05, 3.63) is 59.6 Å². The Bertz CT molecular complexity index is 1130. The molecule has 0 radical (unpaired) electrons. The van der Waals surface area contributed by atoms with Crippen molar-refractivity contribution in [2.24, 2.45) is 4.99 Å². The van der Waals surface area contributed by atoms with Gasteiger partial charge >= 0.3 is 6.03 Å². The van der Waals surface area contributed by atoms with Crippen LogP contribution in [-0.2, 0) is 0 Å². The van der Waals surface area contributed by atoms with Gasteiger partial charge in [-0.15, -0.1) is 0 Å². The minimum Gasteiger partial charge on any atom is -0.367 e. The van der Waals surface area contributed by atoms with Gasteiger partial charge in [-0.2, -0.15) is 0 Å². The third-order valence-electron chi connectivity index (χ3n) is 5.55. The summed E-state index contributed by atoms with van der Waals surface area (Å²) >= 11 is 0. The molecule has 8 nitrogen and oxygen atoms in total. The molecule has 2 aromatic heterocycles. The number of halogens is 1. The maximum absolute atomic E-state index is 14.5. The van der Waals surface area contributed by atoms with Gasteiger partial charge < -0.3 is 19.9 Å². The largest absolute Gasteiger partial charge is 0.367 e. The molecule has 1 fully saturated rings. The number of carbonyl (C=O) groups is 1. The van der Waals surface area contributed by atoms with Crippen molar-refractivity contribution in [1.82, 2.24) is 29.8 Å². The number of fused-ring (bicyclic) bond motifs is 2. The van der Waals surface area contributed by atoms with Crippen LogP contribution in [-0.4, -0.2) is 56.2 Å². The fourth-order valence-corrected chi connectivity index (χ4v) is 4.16. The monoisotopic (exact) mass is 409 g/mol. The Morgan fingerprint density at radius 2 is 2.10 bits per heavy atom. The third-order valence-corrected chi connectivity index (χ3v) is 5.55. The van der Waals surface area contributed by atoms with Crippen molar-refractivity contribution in [1.29, 1.82) is 0 Å². The first-order valence-electron chi connectivity index (χ1n) is 10.0. The zero-order valence-corrected chi connectivity index (χ0v) is 17.2. The van der Waals surface area contributed by atoms with Gasteiger partial charge in [0.05, 0.1) is 11.4 Å². The molecule has 2 aromatic rings. The molecule has 2 amide bonds. The highest BCUT2D eigenvalue weighted by atomic mass is 19.1. The molecule has 5 rings (SSSR count). The molecular weight excluding hydrogens is 385 g/mol. The minimum absolute atomic E-state index is 0.00490. The molecular formula is C21H24FN7O. The quantitative estimate of drug-likeness (QED) is 0.798. The molecule has 0 aliphatic carbocycles. The first-order chi connectivity index (χ1) is 14.3. The van der Waals surface area contributed by atoms with Gasteiger partial charge in [0.15, 0.2) is 17.6 Å². The fraction of sp³-hybridized carbons (Fsp3) is 0.381. The normalized spacial score (nSPS) is 23.2. The van der Waals surface area contributed by atoms with E-state index in [2.05, 4.69) is 39.4 Å². The number of hydrogen-bond acceptors (Lipinski definition) is 5. The number of allylic oxidation sites excluding steroid dienone is 1. The van der Waals surface area contributed by atoms with Gasteiger partial charge in [0, 0.05) is 49.3 Å². The Balaban J connectivity index is 1.43. The van der Waals surface area contributed by atoms with Crippen LogP contribution in [0.3, 0.4) is 0 Å². The number of hydrogen-bond donors (Lipinski definition) is 2. The van der Waals surface area contributed by atoms with E-state index >= 15 is 0 Å². The van der Waals surface area contributed by atoms with Crippen molar-refractivity contribution in [2.45, 2.75) is 32.5 Å². The number of amidine groups is 1. The molecule has 1 saturated heterocycles. The van der Waals surface area contributed by atoms with Crippen LogP contribution in [0.4, 0.5) is 9.18 Å². The number of carbonyl (C=O) groups excluding carboxylic acids is 1. The smallest absolute Gasteiger partial charge is 0.329 e. The van der Waals surface area contributed by atoms with Crippen molar-refractivity contribution in [3.8, 4) is 0 Å². The summed E-state index contributed by atoms with van der Waals surface area (Å²) in [6, 6.07) is 1.09. The molecule has 2 N–H and O–H groups in total. The van der Waals surface area contributed by atoms with Crippen LogP contribution in [0.5, 0.6) is 0 Å². The van der Waals surface area contributed by atoms with Crippen LogP contribution < -0.4 is 10.6 Å². The number of aliphatic imine (C=N–C) groups is 1. The lowest BCUT2D eigenvalue weighted by Gasteiger charge is -2.42. The highest BCUT2D eigenvalue weighted by Gasteiger charge is 2.32. The Morgan fingerprint density at radius 1 is 1.27 bits per heavy atom. The molecule has 3 aliphatic heterocycles. The molecule has 0 spiro atoms. The topological polar surface area (TPSA) is 77.3 Å². The molecule has 0 bridgehead atoms. The molecule has 156 valence electrons. The summed E-state index contributed by atoms with van der Waals surface area (Å²) in [4.78, 5) is 25.4. The Labute approximate surface area is 173 Å². The van der Waals surface area contributed by atoms with Crippen molar-refractivity contribution < 1.29 is 9.18 Å².